The molecule has 0 aliphatic carbocycles. The second-order valence-corrected chi connectivity index (χ2v) is 6.96. The zero-order valence-corrected chi connectivity index (χ0v) is 12.3. The standard InChI is InChI=1S/C14H18N2O3S/c1-16(11-13-6-2-3-8-19-13)20(17,18)14-7-4-5-12(9-14)10-15/h4-5,7,9,13H,2-3,6,8,11H2,1H3. The highest BCUT2D eigenvalue weighted by atomic mass is 32.2. The van der Waals surface area contributed by atoms with Gasteiger partial charge >= 0.3 is 0 Å². The first-order valence-corrected chi connectivity index (χ1v) is 8.06. The van der Waals surface area contributed by atoms with E-state index in [2.05, 4.69) is 0 Å². The van der Waals surface area contributed by atoms with Crippen molar-refractivity contribution in [2.24, 2.45) is 0 Å². The zero-order chi connectivity index (χ0) is 14.6. The number of nitrogens with zero attached hydrogens (tertiary/aromatic N) is 2. The average Bonchev–Trinajstić information content (AvgIpc) is 2.48. The molecule has 108 valence electrons. The van der Waals surface area contributed by atoms with Gasteiger partial charge in [0.25, 0.3) is 0 Å². The van der Waals surface area contributed by atoms with E-state index in [0.29, 0.717) is 18.7 Å². The molecule has 1 aromatic rings. The third-order valence-electron chi connectivity index (χ3n) is 3.41. The van der Waals surface area contributed by atoms with Gasteiger partial charge in [-0.1, -0.05) is 6.07 Å². The number of nitriles is 1. The fourth-order valence-electron chi connectivity index (χ4n) is 2.24. The quantitative estimate of drug-likeness (QED) is 0.848. The molecule has 1 unspecified atom stereocenters. The number of hydrogen-bond donors (Lipinski definition) is 0. The van der Waals surface area contributed by atoms with Crippen molar-refractivity contribution in [3.8, 4) is 6.07 Å². The molecule has 0 aromatic heterocycles. The molecule has 0 spiro atoms. The molecule has 0 amide bonds. The summed E-state index contributed by atoms with van der Waals surface area (Å²) in [6, 6.07) is 8.02. The summed E-state index contributed by atoms with van der Waals surface area (Å²) in [4.78, 5) is 0.148. The van der Waals surface area contributed by atoms with Crippen LogP contribution in [-0.4, -0.2) is 39.0 Å². The molecule has 1 fully saturated rings. The minimum absolute atomic E-state index is 0.0392. The SMILES string of the molecule is CN(CC1CCCCO1)S(=O)(=O)c1cccc(C#N)c1. The molecule has 1 aliphatic heterocycles. The van der Waals surface area contributed by atoms with Gasteiger partial charge < -0.3 is 4.74 Å². The van der Waals surface area contributed by atoms with Gasteiger partial charge in [-0.05, 0) is 37.5 Å². The van der Waals surface area contributed by atoms with E-state index in [1.807, 2.05) is 6.07 Å². The smallest absolute Gasteiger partial charge is 0.242 e. The van der Waals surface area contributed by atoms with Crippen molar-refractivity contribution in [3.05, 3.63) is 29.8 Å². The number of sulfonamides is 1. The lowest BCUT2D eigenvalue weighted by atomic mass is 10.1. The van der Waals surface area contributed by atoms with E-state index in [1.165, 1.54) is 16.4 Å². The second-order valence-electron chi connectivity index (χ2n) is 4.91. The summed E-state index contributed by atoms with van der Waals surface area (Å²) in [6.45, 7) is 1.04. The summed E-state index contributed by atoms with van der Waals surface area (Å²) in [5.41, 5.74) is 0.341. The molecule has 20 heavy (non-hydrogen) atoms. The second kappa shape index (κ2) is 6.35. The van der Waals surface area contributed by atoms with Gasteiger partial charge in [0.05, 0.1) is 22.6 Å². The molecule has 1 aliphatic rings. The van der Waals surface area contributed by atoms with Gasteiger partial charge in [-0.15, -0.1) is 0 Å². The third kappa shape index (κ3) is 3.37. The molecule has 0 bridgehead atoms. The number of ether oxygens (including phenoxy) is 1. The first kappa shape index (κ1) is 15.0. The molecule has 1 heterocycles. The summed E-state index contributed by atoms with van der Waals surface area (Å²) in [5.74, 6) is 0. The Balaban J connectivity index is 2.14. The third-order valence-corrected chi connectivity index (χ3v) is 5.23. The van der Waals surface area contributed by atoms with E-state index in [1.54, 1.807) is 19.2 Å². The van der Waals surface area contributed by atoms with Crippen molar-refractivity contribution in [1.29, 1.82) is 5.26 Å². The van der Waals surface area contributed by atoms with Crippen LogP contribution in [0.1, 0.15) is 24.8 Å². The Morgan fingerprint density at radius 3 is 2.90 bits per heavy atom. The lowest BCUT2D eigenvalue weighted by molar-refractivity contribution is 0.00858. The van der Waals surface area contributed by atoms with Gasteiger partial charge in [-0.3, -0.25) is 0 Å². The first-order chi connectivity index (χ1) is 9.54. The van der Waals surface area contributed by atoms with Gasteiger partial charge in [0.1, 0.15) is 0 Å². The molecular formula is C14H18N2O3S. The van der Waals surface area contributed by atoms with Gasteiger partial charge in [-0.25, -0.2) is 8.42 Å². The predicted octanol–water partition coefficient (Wildman–Crippen LogP) is 1.75. The molecule has 0 N–H and O–H groups in total. The molecule has 0 saturated carbocycles. The molecule has 5 nitrogen and oxygen atoms in total. The van der Waals surface area contributed by atoms with Gasteiger partial charge in [0.2, 0.25) is 10.0 Å². The van der Waals surface area contributed by atoms with E-state index in [0.717, 1.165) is 19.3 Å². The van der Waals surface area contributed by atoms with Crippen molar-refractivity contribution in [2.75, 3.05) is 20.2 Å². The molecule has 1 atom stereocenters. The lowest BCUT2D eigenvalue weighted by Crippen LogP contribution is -2.37. The Morgan fingerprint density at radius 2 is 2.25 bits per heavy atom. The Bertz CT molecular complexity index is 601. The van der Waals surface area contributed by atoms with Crippen LogP contribution in [0.15, 0.2) is 29.2 Å². The fraction of sp³-hybridized carbons (Fsp3) is 0.500. The van der Waals surface area contributed by atoms with E-state index >= 15 is 0 Å². The zero-order valence-electron chi connectivity index (χ0n) is 11.4. The van der Waals surface area contributed by atoms with Crippen LogP contribution in [0.5, 0.6) is 0 Å². The Morgan fingerprint density at radius 1 is 1.45 bits per heavy atom. The van der Waals surface area contributed by atoms with E-state index in [4.69, 9.17) is 10.00 Å². The van der Waals surface area contributed by atoms with Crippen LogP contribution in [0.25, 0.3) is 0 Å². The molecule has 6 heteroatoms. The van der Waals surface area contributed by atoms with E-state index in [-0.39, 0.29) is 11.0 Å². The van der Waals surface area contributed by atoms with Crippen molar-refractivity contribution in [2.45, 2.75) is 30.3 Å². The highest BCUT2D eigenvalue weighted by Crippen LogP contribution is 2.19. The first-order valence-electron chi connectivity index (χ1n) is 6.62. The van der Waals surface area contributed by atoms with Crippen LogP contribution in [0, 0.1) is 11.3 Å². The van der Waals surface area contributed by atoms with Crippen molar-refractivity contribution in [3.63, 3.8) is 0 Å². The van der Waals surface area contributed by atoms with Crippen LogP contribution >= 0.6 is 0 Å². The van der Waals surface area contributed by atoms with Gasteiger partial charge in [-0.2, -0.15) is 9.57 Å². The number of benzene rings is 1. The maximum absolute atomic E-state index is 12.4. The van der Waals surface area contributed by atoms with Crippen LogP contribution in [0.2, 0.25) is 0 Å². The van der Waals surface area contributed by atoms with E-state index in [9.17, 15) is 8.42 Å². The minimum atomic E-state index is -3.57. The van der Waals surface area contributed by atoms with Crippen LogP contribution in [0.4, 0.5) is 0 Å². The number of likely N-dealkylation sites (N-methyl/N-ethyl adjacent to an activating group) is 1. The highest BCUT2D eigenvalue weighted by molar-refractivity contribution is 7.89. The summed E-state index contributed by atoms with van der Waals surface area (Å²) in [6.07, 6.45) is 2.96. The van der Waals surface area contributed by atoms with E-state index < -0.39 is 10.0 Å². The maximum Gasteiger partial charge on any atom is 0.242 e. The van der Waals surface area contributed by atoms with Gasteiger partial charge in [0, 0.05) is 20.2 Å². The maximum atomic E-state index is 12.4. The summed E-state index contributed by atoms with van der Waals surface area (Å²) in [5, 5.41) is 8.85. The monoisotopic (exact) mass is 294 g/mol. The summed E-state index contributed by atoms with van der Waals surface area (Å²) >= 11 is 0. The molecule has 2 rings (SSSR count). The minimum Gasteiger partial charge on any atom is -0.377 e. The Kier molecular flexibility index (Phi) is 4.76. The van der Waals surface area contributed by atoms with Crippen LogP contribution in [0.3, 0.4) is 0 Å². The summed E-state index contributed by atoms with van der Waals surface area (Å²) < 4.78 is 31.7. The number of rotatable bonds is 4. The largest absolute Gasteiger partial charge is 0.377 e. The van der Waals surface area contributed by atoms with Crippen LogP contribution < -0.4 is 0 Å². The average molecular weight is 294 g/mol. The van der Waals surface area contributed by atoms with Gasteiger partial charge in [0.15, 0.2) is 0 Å². The number of hydrogen-bond acceptors (Lipinski definition) is 4. The normalized spacial score (nSPS) is 19.8. The summed E-state index contributed by atoms with van der Waals surface area (Å²) in [7, 11) is -2.02. The Hall–Kier alpha value is -1.42. The molecule has 1 saturated heterocycles. The topological polar surface area (TPSA) is 70.4 Å². The Labute approximate surface area is 119 Å². The predicted molar refractivity (Wildman–Crippen MR) is 74.6 cm³/mol. The van der Waals surface area contributed by atoms with Crippen molar-refractivity contribution < 1.29 is 13.2 Å². The molecule has 1 aromatic carbocycles. The fourth-order valence-corrected chi connectivity index (χ4v) is 3.49. The lowest BCUT2D eigenvalue weighted by Gasteiger charge is -2.27. The van der Waals surface area contributed by atoms with Crippen LogP contribution in [-0.2, 0) is 14.8 Å². The van der Waals surface area contributed by atoms with Crippen molar-refractivity contribution >= 4 is 10.0 Å². The molecular weight excluding hydrogens is 276 g/mol. The highest BCUT2D eigenvalue weighted by Gasteiger charge is 2.25. The molecule has 0 radical (unpaired) electrons. The van der Waals surface area contributed by atoms with Crippen molar-refractivity contribution in [1.82, 2.24) is 4.31 Å².